The molecule has 126 valence electrons. The van der Waals surface area contributed by atoms with Gasteiger partial charge in [0, 0.05) is 25.1 Å². The lowest BCUT2D eigenvalue weighted by atomic mass is 10.0. The van der Waals surface area contributed by atoms with Crippen LogP contribution in [0.4, 0.5) is 0 Å². The molecule has 1 aromatic carbocycles. The molecule has 0 bridgehead atoms. The van der Waals surface area contributed by atoms with Crippen molar-refractivity contribution in [2.45, 2.75) is 45.6 Å². The van der Waals surface area contributed by atoms with Gasteiger partial charge in [0.15, 0.2) is 6.61 Å². The molecule has 1 N–H and O–H groups in total. The number of hydrogen-bond acceptors (Lipinski definition) is 3. The number of carbonyl (C=O) groups is 2. The summed E-state index contributed by atoms with van der Waals surface area (Å²) in [5.74, 6) is 0.714. The largest absolute Gasteiger partial charge is 0.483 e. The van der Waals surface area contributed by atoms with E-state index in [1.807, 2.05) is 43.0 Å². The first-order chi connectivity index (χ1) is 11.2. The van der Waals surface area contributed by atoms with Crippen LogP contribution in [0.1, 0.15) is 51.1 Å². The van der Waals surface area contributed by atoms with Crippen LogP contribution in [0.25, 0.3) is 0 Å². The van der Waals surface area contributed by atoms with Crippen molar-refractivity contribution >= 4 is 11.8 Å². The average molecular weight is 318 g/mol. The summed E-state index contributed by atoms with van der Waals surface area (Å²) < 4.78 is 5.77. The zero-order valence-corrected chi connectivity index (χ0v) is 14.0. The number of para-hydroxylation sites is 1. The quantitative estimate of drug-likeness (QED) is 0.841. The molecule has 2 amide bonds. The van der Waals surface area contributed by atoms with Gasteiger partial charge in [0.05, 0.1) is 6.04 Å². The second kappa shape index (κ2) is 8.56. The molecule has 1 fully saturated rings. The van der Waals surface area contributed by atoms with Gasteiger partial charge in [0.2, 0.25) is 5.91 Å². The Morgan fingerprint density at radius 1 is 1.22 bits per heavy atom. The summed E-state index contributed by atoms with van der Waals surface area (Å²) in [4.78, 5) is 25.7. The number of rotatable bonds is 7. The van der Waals surface area contributed by atoms with E-state index in [1.54, 1.807) is 0 Å². The molecule has 1 aliphatic heterocycles. The molecule has 1 atom stereocenters. The summed E-state index contributed by atoms with van der Waals surface area (Å²) in [6.45, 7) is 5.56. The smallest absolute Gasteiger partial charge is 0.260 e. The van der Waals surface area contributed by atoms with Crippen LogP contribution in [0.15, 0.2) is 24.3 Å². The number of nitrogens with zero attached hydrogens (tertiary/aromatic N) is 1. The lowest BCUT2D eigenvalue weighted by Crippen LogP contribution is -2.32. The number of likely N-dealkylation sites (tertiary alicyclic amines) is 1. The normalized spacial score (nSPS) is 15.3. The van der Waals surface area contributed by atoms with Crippen molar-refractivity contribution < 1.29 is 14.3 Å². The minimum Gasteiger partial charge on any atom is -0.483 e. The fraction of sp³-hybridized carbons (Fsp3) is 0.556. The molecule has 1 heterocycles. The van der Waals surface area contributed by atoms with Crippen molar-refractivity contribution in [2.75, 3.05) is 19.7 Å². The lowest BCUT2D eigenvalue weighted by molar-refractivity contribution is -0.132. The Kier molecular flexibility index (Phi) is 6.44. The number of carbonyl (C=O) groups excluding carboxylic acids is 2. The van der Waals surface area contributed by atoms with Crippen LogP contribution in [-0.4, -0.2) is 36.4 Å². The summed E-state index contributed by atoms with van der Waals surface area (Å²) in [7, 11) is 0. The van der Waals surface area contributed by atoms with Crippen LogP contribution >= 0.6 is 0 Å². The maximum absolute atomic E-state index is 12.1. The highest BCUT2D eigenvalue weighted by Crippen LogP contribution is 2.27. The van der Waals surface area contributed by atoms with Crippen molar-refractivity contribution in [3.63, 3.8) is 0 Å². The maximum atomic E-state index is 12.1. The SMILES string of the molecule is CCC(=O)N[C@H](CC)c1ccccc1OCC(=O)N1CCCC1. The van der Waals surface area contributed by atoms with Crippen molar-refractivity contribution in [3.8, 4) is 5.75 Å². The predicted molar refractivity (Wildman–Crippen MR) is 89.2 cm³/mol. The topological polar surface area (TPSA) is 58.6 Å². The Balaban J connectivity index is 2.03. The third-order valence-electron chi connectivity index (χ3n) is 4.17. The second-order valence-electron chi connectivity index (χ2n) is 5.80. The van der Waals surface area contributed by atoms with Gasteiger partial charge in [-0.25, -0.2) is 0 Å². The minimum absolute atomic E-state index is 0.0137. The van der Waals surface area contributed by atoms with Crippen molar-refractivity contribution in [2.24, 2.45) is 0 Å². The Hall–Kier alpha value is -2.04. The van der Waals surface area contributed by atoms with Crippen LogP contribution in [-0.2, 0) is 9.59 Å². The first-order valence-electron chi connectivity index (χ1n) is 8.44. The van der Waals surface area contributed by atoms with Crippen molar-refractivity contribution in [3.05, 3.63) is 29.8 Å². The van der Waals surface area contributed by atoms with E-state index in [9.17, 15) is 9.59 Å². The summed E-state index contributed by atoms with van der Waals surface area (Å²) in [5, 5.41) is 3.00. The number of ether oxygens (including phenoxy) is 1. The van der Waals surface area contributed by atoms with Gasteiger partial charge < -0.3 is 15.0 Å². The van der Waals surface area contributed by atoms with Gasteiger partial charge in [-0.3, -0.25) is 9.59 Å². The van der Waals surface area contributed by atoms with Crippen LogP contribution < -0.4 is 10.1 Å². The van der Waals surface area contributed by atoms with Gasteiger partial charge in [-0.2, -0.15) is 0 Å². The molecule has 5 nitrogen and oxygen atoms in total. The zero-order valence-electron chi connectivity index (χ0n) is 14.0. The van der Waals surface area contributed by atoms with E-state index >= 15 is 0 Å². The minimum atomic E-state index is -0.0967. The van der Waals surface area contributed by atoms with E-state index in [0.29, 0.717) is 12.2 Å². The van der Waals surface area contributed by atoms with E-state index < -0.39 is 0 Å². The Morgan fingerprint density at radius 3 is 2.57 bits per heavy atom. The highest BCUT2D eigenvalue weighted by molar-refractivity contribution is 5.78. The third-order valence-corrected chi connectivity index (χ3v) is 4.17. The Morgan fingerprint density at radius 2 is 1.91 bits per heavy atom. The summed E-state index contributed by atoms with van der Waals surface area (Å²) >= 11 is 0. The molecule has 23 heavy (non-hydrogen) atoms. The molecule has 1 saturated heterocycles. The first-order valence-corrected chi connectivity index (χ1v) is 8.44. The Bertz CT molecular complexity index is 539. The van der Waals surface area contributed by atoms with E-state index in [1.165, 1.54) is 0 Å². The third kappa shape index (κ3) is 4.71. The molecule has 0 spiro atoms. The first kappa shape index (κ1) is 17.3. The molecule has 0 aromatic heterocycles. The summed E-state index contributed by atoms with van der Waals surface area (Å²) in [6.07, 6.45) is 3.37. The zero-order chi connectivity index (χ0) is 16.7. The molecular weight excluding hydrogens is 292 g/mol. The molecule has 0 aliphatic carbocycles. The highest BCUT2D eigenvalue weighted by atomic mass is 16.5. The standard InChI is InChI=1S/C18H26N2O3/c1-3-15(19-17(21)4-2)14-9-5-6-10-16(14)23-13-18(22)20-11-7-8-12-20/h5-6,9-10,15H,3-4,7-8,11-13H2,1-2H3,(H,19,21)/t15-/m1/s1. The Labute approximate surface area is 138 Å². The predicted octanol–water partition coefficient (Wildman–Crippen LogP) is 2.67. The number of nitrogens with one attached hydrogen (secondary N) is 1. The molecule has 1 aromatic rings. The molecule has 2 rings (SSSR count). The van der Waals surface area contributed by atoms with Gasteiger partial charge >= 0.3 is 0 Å². The van der Waals surface area contributed by atoms with Gasteiger partial charge in [0.25, 0.3) is 5.91 Å². The van der Waals surface area contributed by atoms with Crippen molar-refractivity contribution in [1.29, 1.82) is 0 Å². The average Bonchev–Trinajstić information content (AvgIpc) is 3.12. The second-order valence-corrected chi connectivity index (χ2v) is 5.80. The van der Waals surface area contributed by atoms with Gasteiger partial charge in [-0.05, 0) is 25.3 Å². The molecule has 5 heteroatoms. The van der Waals surface area contributed by atoms with Crippen LogP contribution in [0.2, 0.25) is 0 Å². The lowest BCUT2D eigenvalue weighted by Gasteiger charge is -2.21. The fourth-order valence-corrected chi connectivity index (χ4v) is 2.79. The highest BCUT2D eigenvalue weighted by Gasteiger charge is 2.20. The maximum Gasteiger partial charge on any atom is 0.260 e. The number of amides is 2. The molecular formula is C18H26N2O3. The molecule has 1 aliphatic rings. The molecule has 0 saturated carbocycles. The van der Waals surface area contributed by atoms with Crippen LogP contribution in [0, 0.1) is 0 Å². The van der Waals surface area contributed by atoms with Crippen molar-refractivity contribution in [1.82, 2.24) is 10.2 Å². The van der Waals surface area contributed by atoms with E-state index in [-0.39, 0.29) is 24.5 Å². The van der Waals surface area contributed by atoms with Gasteiger partial charge in [-0.1, -0.05) is 32.0 Å². The van der Waals surface area contributed by atoms with Gasteiger partial charge in [-0.15, -0.1) is 0 Å². The van der Waals surface area contributed by atoms with Crippen LogP contribution in [0.3, 0.4) is 0 Å². The number of benzene rings is 1. The van der Waals surface area contributed by atoms with E-state index in [0.717, 1.165) is 37.9 Å². The van der Waals surface area contributed by atoms with E-state index in [4.69, 9.17) is 4.74 Å². The fourth-order valence-electron chi connectivity index (χ4n) is 2.79. The summed E-state index contributed by atoms with van der Waals surface area (Å²) in [5.41, 5.74) is 0.922. The van der Waals surface area contributed by atoms with Gasteiger partial charge in [0.1, 0.15) is 5.75 Å². The van der Waals surface area contributed by atoms with Crippen LogP contribution in [0.5, 0.6) is 5.75 Å². The monoisotopic (exact) mass is 318 g/mol. The van der Waals surface area contributed by atoms with E-state index in [2.05, 4.69) is 5.32 Å². The molecule has 0 radical (unpaired) electrons. The summed E-state index contributed by atoms with van der Waals surface area (Å²) in [6, 6.07) is 7.51. The molecule has 0 unspecified atom stereocenters. The number of hydrogen-bond donors (Lipinski definition) is 1.